The molecule has 0 aliphatic heterocycles. The van der Waals surface area contributed by atoms with E-state index in [4.69, 9.17) is 0 Å². The highest BCUT2D eigenvalue weighted by atomic mass is 16.5. The molecule has 0 rings (SSSR count). The smallest absolute Gasteiger partial charge is 0.246 e. The van der Waals surface area contributed by atoms with Gasteiger partial charge in [-0.05, 0) is 6.92 Å². The summed E-state index contributed by atoms with van der Waals surface area (Å²) in [7, 11) is 3.13. The lowest BCUT2D eigenvalue weighted by Crippen LogP contribution is -2.33. The van der Waals surface area contributed by atoms with E-state index in [-0.39, 0.29) is 12.5 Å². The minimum Gasteiger partial charge on any atom is -0.385 e. The largest absolute Gasteiger partial charge is 0.385 e. The molecule has 0 bridgehead atoms. The van der Waals surface area contributed by atoms with Crippen LogP contribution < -0.4 is 10.6 Å². The molecule has 0 heterocycles. The van der Waals surface area contributed by atoms with Crippen molar-refractivity contribution in [2.75, 3.05) is 40.5 Å². The van der Waals surface area contributed by atoms with Crippen LogP contribution in [0.2, 0.25) is 0 Å². The first-order valence-corrected chi connectivity index (χ1v) is 4.64. The van der Waals surface area contributed by atoms with Crippen LogP contribution in [0.15, 0.2) is 0 Å². The molecule has 0 radical (unpaired) electrons. The van der Waals surface area contributed by atoms with Gasteiger partial charge in [-0.1, -0.05) is 0 Å². The van der Waals surface area contributed by atoms with Crippen molar-refractivity contribution in [1.29, 1.82) is 0 Å². The van der Waals surface area contributed by atoms with Crippen LogP contribution in [0.25, 0.3) is 0 Å². The summed E-state index contributed by atoms with van der Waals surface area (Å²) in [5.41, 5.74) is 0. The van der Waals surface area contributed by atoms with Gasteiger partial charge < -0.3 is 20.1 Å². The summed E-state index contributed by atoms with van der Waals surface area (Å²) in [4.78, 5) is 20.4. The second-order valence-corrected chi connectivity index (χ2v) is 2.43. The van der Waals surface area contributed by atoms with E-state index in [1.165, 1.54) is 7.11 Å². The Kier molecular flexibility index (Phi) is 16.7. The quantitative estimate of drug-likeness (QED) is 0.433. The van der Waals surface area contributed by atoms with Crippen LogP contribution in [0.4, 0.5) is 0 Å². The molecule has 6 nitrogen and oxygen atoms in total. The second kappa shape index (κ2) is 15.3. The van der Waals surface area contributed by atoms with Crippen LogP contribution in [0.1, 0.15) is 6.92 Å². The Balaban J connectivity index is 0. The molecule has 0 aromatic carbocycles. The molecule has 0 aromatic rings. The van der Waals surface area contributed by atoms with E-state index in [1.807, 2.05) is 6.92 Å². The van der Waals surface area contributed by atoms with Crippen LogP contribution in [-0.2, 0) is 19.1 Å². The molecule has 0 aliphatic carbocycles. The first-order chi connectivity index (χ1) is 7.22. The summed E-state index contributed by atoms with van der Waals surface area (Å²) in [5.74, 6) is -0.180. The average Bonchev–Trinajstić information content (AvgIpc) is 2.25. The SMILES string of the molecule is CCOC.COCC(=O)NCCNC=O. The molecule has 2 amide bonds. The highest BCUT2D eigenvalue weighted by Gasteiger charge is 1.96. The zero-order valence-corrected chi connectivity index (χ0v) is 9.54. The molecule has 0 unspecified atom stereocenters. The Hall–Kier alpha value is -1.14. The van der Waals surface area contributed by atoms with E-state index >= 15 is 0 Å². The molecule has 0 fully saturated rings. The van der Waals surface area contributed by atoms with E-state index < -0.39 is 0 Å². The van der Waals surface area contributed by atoms with Crippen molar-refractivity contribution in [2.24, 2.45) is 0 Å². The lowest BCUT2D eigenvalue weighted by atomic mass is 10.5. The van der Waals surface area contributed by atoms with Crippen LogP contribution in [-0.4, -0.2) is 52.8 Å². The first kappa shape index (κ1) is 16.3. The Morgan fingerprint density at radius 3 is 2.27 bits per heavy atom. The number of hydrogen-bond acceptors (Lipinski definition) is 4. The van der Waals surface area contributed by atoms with Crippen molar-refractivity contribution in [3.63, 3.8) is 0 Å². The first-order valence-electron chi connectivity index (χ1n) is 4.64. The maximum Gasteiger partial charge on any atom is 0.246 e. The van der Waals surface area contributed by atoms with Gasteiger partial charge in [-0.15, -0.1) is 0 Å². The Bertz CT molecular complexity index is 151. The van der Waals surface area contributed by atoms with Crippen LogP contribution in [0.5, 0.6) is 0 Å². The average molecular weight is 220 g/mol. The molecule has 0 aromatic heterocycles. The normalized spacial score (nSPS) is 8.47. The number of hydrogen-bond donors (Lipinski definition) is 2. The highest BCUT2D eigenvalue weighted by Crippen LogP contribution is 1.67. The summed E-state index contributed by atoms with van der Waals surface area (Å²) in [5, 5.41) is 4.94. The third-order valence-corrected chi connectivity index (χ3v) is 1.24. The van der Waals surface area contributed by atoms with Gasteiger partial charge in [0.15, 0.2) is 0 Å². The van der Waals surface area contributed by atoms with Crippen LogP contribution >= 0.6 is 0 Å². The van der Waals surface area contributed by atoms with Gasteiger partial charge in [0, 0.05) is 33.9 Å². The molecular formula is C9H20N2O4. The number of carbonyl (C=O) groups is 2. The second-order valence-electron chi connectivity index (χ2n) is 2.43. The summed E-state index contributed by atoms with van der Waals surface area (Å²) in [6.07, 6.45) is 0.586. The minimum absolute atomic E-state index is 0.0566. The summed E-state index contributed by atoms with van der Waals surface area (Å²) >= 11 is 0. The van der Waals surface area contributed by atoms with Crippen molar-refractivity contribution >= 4 is 12.3 Å². The maximum atomic E-state index is 10.7. The molecule has 0 spiro atoms. The van der Waals surface area contributed by atoms with Crippen molar-refractivity contribution in [1.82, 2.24) is 10.6 Å². The van der Waals surface area contributed by atoms with Gasteiger partial charge in [0.25, 0.3) is 0 Å². The van der Waals surface area contributed by atoms with E-state index in [1.54, 1.807) is 7.11 Å². The minimum atomic E-state index is -0.180. The van der Waals surface area contributed by atoms with Gasteiger partial charge in [0.1, 0.15) is 6.61 Å². The summed E-state index contributed by atoms with van der Waals surface area (Å²) in [6, 6.07) is 0. The molecule has 15 heavy (non-hydrogen) atoms. The number of nitrogens with one attached hydrogen (secondary N) is 2. The molecular weight excluding hydrogens is 200 g/mol. The Morgan fingerprint density at radius 1 is 1.27 bits per heavy atom. The molecule has 0 atom stereocenters. The van der Waals surface area contributed by atoms with Gasteiger partial charge in [-0.2, -0.15) is 0 Å². The molecule has 2 N–H and O–H groups in total. The zero-order valence-electron chi connectivity index (χ0n) is 9.54. The van der Waals surface area contributed by atoms with Crippen molar-refractivity contribution in [2.45, 2.75) is 6.92 Å². The predicted molar refractivity (Wildman–Crippen MR) is 56.5 cm³/mol. The molecule has 6 heteroatoms. The van der Waals surface area contributed by atoms with E-state index in [0.29, 0.717) is 19.5 Å². The monoisotopic (exact) mass is 220 g/mol. The van der Waals surface area contributed by atoms with Gasteiger partial charge in [-0.3, -0.25) is 9.59 Å². The van der Waals surface area contributed by atoms with Crippen molar-refractivity contribution < 1.29 is 19.1 Å². The number of methoxy groups -OCH3 is 2. The Labute approximate surface area is 90.3 Å². The lowest BCUT2D eigenvalue weighted by molar-refractivity contribution is -0.124. The fourth-order valence-corrected chi connectivity index (χ4v) is 0.515. The standard InChI is InChI=1S/C6H12N2O3.C3H8O/c1-11-4-6(10)8-3-2-7-5-9;1-3-4-2/h5H,2-4H2,1H3,(H,7,9)(H,8,10);3H2,1-2H3. The number of amides is 2. The van der Waals surface area contributed by atoms with E-state index in [2.05, 4.69) is 20.1 Å². The van der Waals surface area contributed by atoms with Crippen LogP contribution in [0.3, 0.4) is 0 Å². The maximum absolute atomic E-state index is 10.7. The van der Waals surface area contributed by atoms with Crippen molar-refractivity contribution in [3.8, 4) is 0 Å². The fourth-order valence-electron chi connectivity index (χ4n) is 0.515. The molecule has 0 saturated carbocycles. The van der Waals surface area contributed by atoms with Gasteiger partial charge in [0.2, 0.25) is 12.3 Å². The number of carbonyl (C=O) groups excluding carboxylic acids is 2. The molecule has 0 saturated heterocycles. The molecule has 0 aliphatic rings. The number of rotatable bonds is 7. The third kappa shape index (κ3) is 19.3. The van der Waals surface area contributed by atoms with Gasteiger partial charge in [-0.25, -0.2) is 0 Å². The Morgan fingerprint density at radius 2 is 1.87 bits per heavy atom. The third-order valence-electron chi connectivity index (χ3n) is 1.24. The topological polar surface area (TPSA) is 76.7 Å². The van der Waals surface area contributed by atoms with E-state index in [9.17, 15) is 9.59 Å². The van der Waals surface area contributed by atoms with Crippen LogP contribution in [0, 0.1) is 0 Å². The lowest BCUT2D eigenvalue weighted by Gasteiger charge is -2.02. The molecule has 90 valence electrons. The van der Waals surface area contributed by atoms with E-state index in [0.717, 1.165) is 6.61 Å². The fraction of sp³-hybridized carbons (Fsp3) is 0.778. The van der Waals surface area contributed by atoms with Crippen molar-refractivity contribution in [3.05, 3.63) is 0 Å². The zero-order chi connectivity index (χ0) is 11.9. The summed E-state index contributed by atoms with van der Waals surface area (Å²) < 4.78 is 9.10. The highest BCUT2D eigenvalue weighted by molar-refractivity contribution is 5.77. The number of ether oxygens (including phenoxy) is 2. The van der Waals surface area contributed by atoms with Gasteiger partial charge in [0.05, 0.1) is 0 Å². The summed E-state index contributed by atoms with van der Waals surface area (Å²) in [6.45, 7) is 3.71. The van der Waals surface area contributed by atoms with Gasteiger partial charge >= 0.3 is 0 Å². The predicted octanol–water partition coefficient (Wildman–Crippen LogP) is -0.852.